The molecule has 3 heterocycles. The molecule has 6 nitrogen and oxygen atoms in total. The number of aryl methyl sites for hydroxylation is 3. The molecular weight excluding hydrogens is 392 g/mol. The van der Waals surface area contributed by atoms with Gasteiger partial charge in [0, 0.05) is 5.69 Å². The van der Waals surface area contributed by atoms with Crippen molar-refractivity contribution in [1.29, 1.82) is 0 Å². The van der Waals surface area contributed by atoms with Crippen LogP contribution in [0.15, 0.2) is 40.5 Å². The Hall–Kier alpha value is -2.84. The summed E-state index contributed by atoms with van der Waals surface area (Å²) in [5.74, 6) is -0.299. The normalized spacial score (nSPS) is 11.1. The van der Waals surface area contributed by atoms with Crippen LogP contribution in [0.3, 0.4) is 0 Å². The van der Waals surface area contributed by atoms with Gasteiger partial charge in [0.2, 0.25) is 5.91 Å². The summed E-state index contributed by atoms with van der Waals surface area (Å²) in [6.45, 7) is 5.59. The van der Waals surface area contributed by atoms with E-state index < -0.39 is 0 Å². The highest BCUT2D eigenvalue weighted by Crippen LogP contribution is 2.31. The summed E-state index contributed by atoms with van der Waals surface area (Å²) < 4.78 is 1.97. The van der Waals surface area contributed by atoms with Crippen LogP contribution in [0.25, 0.3) is 20.8 Å². The Bertz CT molecular complexity index is 1240. The predicted octanol–water partition coefficient (Wildman–Crippen LogP) is 4.15. The van der Waals surface area contributed by atoms with Crippen LogP contribution < -0.4 is 10.9 Å². The highest BCUT2D eigenvalue weighted by Gasteiger charge is 2.18. The van der Waals surface area contributed by atoms with E-state index in [1.54, 1.807) is 11.3 Å². The summed E-state index contributed by atoms with van der Waals surface area (Å²) in [7, 11) is 0. The van der Waals surface area contributed by atoms with E-state index in [9.17, 15) is 9.59 Å². The van der Waals surface area contributed by atoms with Gasteiger partial charge < -0.3 is 5.32 Å². The number of benzene rings is 1. The van der Waals surface area contributed by atoms with Crippen LogP contribution in [0.5, 0.6) is 0 Å². The number of carbonyl (C=O) groups excluding carboxylic acids is 1. The molecule has 4 rings (SSSR count). The molecule has 1 N–H and O–H groups in total. The number of amides is 1. The van der Waals surface area contributed by atoms with E-state index in [-0.39, 0.29) is 18.0 Å². The second-order valence-electron chi connectivity index (χ2n) is 6.57. The zero-order chi connectivity index (χ0) is 19.8. The third kappa shape index (κ3) is 3.48. The average Bonchev–Trinajstić information content (AvgIpc) is 3.30. The van der Waals surface area contributed by atoms with Crippen LogP contribution in [-0.2, 0) is 11.3 Å². The molecule has 0 spiro atoms. The fourth-order valence-corrected chi connectivity index (χ4v) is 4.63. The minimum absolute atomic E-state index is 0.170. The lowest BCUT2D eigenvalue weighted by molar-refractivity contribution is -0.117. The molecule has 0 aliphatic rings. The number of thiazole rings is 1. The molecule has 1 aromatic carbocycles. The van der Waals surface area contributed by atoms with Gasteiger partial charge in [-0.1, -0.05) is 18.2 Å². The molecule has 28 heavy (non-hydrogen) atoms. The molecule has 0 aliphatic heterocycles. The minimum atomic E-state index is -0.351. The molecule has 0 aliphatic carbocycles. The van der Waals surface area contributed by atoms with Gasteiger partial charge in [-0.15, -0.1) is 22.7 Å². The van der Waals surface area contributed by atoms with Crippen molar-refractivity contribution in [2.24, 2.45) is 0 Å². The fourth-order valence-electron chi connectivity index (χ4n) is 2.94. The summed E-state index contributed by atoms with van der Waals surface area (Å²) in [6.07, 6.45) is 0. The van der Waals surface area contributed by atoms with E-state index in [2.05, 4.69) is 15.4 Å². The first-order chi connectivity index (χ1) is 13.4. The number of nitrogens with zero attached hydrogens (tertiary/aromatic N) is 3. The van der Waals surface area contributed by atoms with E-state index in [1.165, 1.54) is 16.0 Å². The Kier molecular flexibility index (Phi) is 4.82. The lowest BCUT2D eigenvalue weighted by Gasteiger charge is -2.11. The molecule has 0 fully saturated rings. The Morgan fingerprint density at radius 1 is 1.21 bits per heavy atom. The largest absolute Gasteiger partial charge is 0.324 e. The van der Waals surface area contributed by atoms with E-state index in [0.717, 1.165) is 31.4 Å². The van der Waals surface area contributed by atoms with E-state index in [1.807, 2.05) is 56.5 Å². The summed E-state index contributed by atoms with van der Waals surface area (Å²) >= 11 is 2.98. The number of carbonyl (C=O) groups is 1. The number of rotatable bonds is 4. The van der Waals surface area contributed by atoms with Crippen molar-refractivity contribution < 1.29 is 4.79 Å². The highest BCUT2D eigenvalue weighted by atomic mass is 32.1. The fraction of sp³-hybridized carbons (Fsp3) is 0.200. The van der Waals surface area contributed by atoms with Crippen molar-refractivity contribution in [1.82, 2.24) is 14.8 Å². The standard InChI is InChI=1S/C20H18N4O2S2/c1-11-6-7-12(2)14(9-11)22-16(25)10-24-20(26)18-19(28-13(3)21-18)17(23-24)15-5-4-8-27-15/h4-9H,10H2,1-3H3,(H,22,25). The first kappa shape index (κ1) is 18.5. The summed E-state index contributed by atoms with van der Waals surface area (Å²) in [5.41, 5.74) is 3.45. The van der Waals surface area contributed by atoms with Gasteiger partial charge >= 0.3 is 0 Å². The maximum absolute atomic E-state index is 12.8. The number of hydrogen-bond donors (Lipinski definition) is 1. The van der Waals surface area contributed by atoms with Gasteiger partial charge in [-0.2, -0.15) is 5.10 Å². The third-order valence-electron chi connectivity index (χ3n) is 4.32. The Morgan fingerprint density at radius 3 is 2.79 bits per heavy atom. The number of aromatic nitrogens is 3. The van der Waals surface area contributed by atoms with Gasteiger partial charge in [0.25, 0.3) is 5.56 Å². The van der Waals surface area contributed by atoms with Crippen molar-refractivity contribution in [3.8, 4) is 10.6 Å². The zero-order valence-electron chi connectivity index (χ0n) is 15.6. The van der Waals surface area contributed by atoms with E-state index in [4.69, 9.17) is 0 Å². The van der Waals surface area contributed by atoms with Crippen molar-refractivity contribution in [3.05, 3.63) is 62.2 Å². The van der Waals surface area contributed by atoms with Crippen LogP contribution in [0.1, 0.15) is 16.1 Å². The van der Waals surface area contributed by atoms with Gasteiger partial charge in [-0.3, -0.25) is 9.59 Å². The molecule has 142 valence electrons. The Balaban J connectivity index is 1.72. The number of nitrogens with one attached hydrogen (secondary N) is 1. The first-order valence-electron chi connectivity index (χ1n) is 8.71. The van der Waals surface area contributed by atoms with Gasteiger partial charge in [0.1, 0.15) is 12.2 Å². The SMILES string of the molecule is Cc1ccc(C)c(NC(=O)Cn2nc(-c3cccs3)c3sc(C)nc3c2=O)c1. The maximum Gasteiger partial charge on any atom is 0.294 e. The van der Waals surface area contributed by atoms with E-state index in [0.29, 0.717) is 11.2 Å². The minimum Gasteiger partial charge on any atom is -0.324 e. The van der Waals surface area contributed by atoms with Gasteiger partial charge in [-0.05, 0) is 49.4 Å². The lowest BCUT2D eigenvalue weighted by atomic mass is 10.1. The predicted molar refractivity (Wildman–Crippen MR) is 114 cm³/mol. The number of anilines is 1. The molecule has 0 unspecified atom stereocenters. The topological polar surface area (TPSA) is 76.9 Å². The molecule has 1 amide bonds. The summed E-state index contributed by atoms with van der Waals surface area (Å²) in [6, 6.07) is 9.74. The zero-order valence-corrected chi connectivity index (χ0v) is 17.3. The second kappa shape index (κ2) is 7.29. The van der Waals surface area contributed by atoms with Gasteiger partial charge in [0.15, 0.2) is 5.52 Å². The second-order valence-corrected chi connectivity index (χ2v) is 8.72. The lowest BCUT2D eigenvalue weighted by Crippen LogP contribution is -2.30. The first-order valence-corrected chi connectivity index (χ1v) is 10.4. The monoisotopic (exact) mass is 410 g/mol. The van der Waals surface area contributed by atoms with Crippen LogP contribution in [0.2, 0.25) is 0 Å². The van der Waals surface area contributed by atoms with Crippen molar-refractivity contribution in [3.63, 3.8) is 0 Å². The van der Waals surface area contributed by atoms with Gasteiger partial charge in [0.05, 0.1) is 14.6 Å². The molecule has 8 heteroatoms. The third-order valence-corrected chi connectivity index (χ3v) is 6.18. The number of fused-ring (bicyclic) bond motifs is 1. The maximum atomic E-state index is 12.8. The van der Waals surface area contributed by atoms with Crippen molar-refractivity contribution in [2.75, 3.05) is 5.32 Å². The smallest absolute Gasteiger partial charge is 0.294 e. The summed E-state index contributed by atoms with van der Waals surface area (Å²) in [4.78, 5) is 30.8. The molecule has 0 saturated heterocycles. The summed E-state index contributed by atoms with van der Waals surface area (Å²) in [5, 5.41) is 10.1. The molecular formula is C20H18N4O2S2. The number of thiophene rings is 1. The molecule has 3 aromatic heterocycles. The van der Waals surface area contributed by atoms with Gasteiger partial charge in [-0.25, -0.2) is 9.67 Å². The van der Waals surface area contributed by atoms with E-state index >= 15 is 0 Å². The molecule has 0 bridgehead atoms. The van der Waals surface area contributed by atoms with Crippen LogP contribution in [0, 0.1) is 20.8 Å². The molecule has 0 saturated carbocycles. The van der Waals surface area contributed by atoms with Crippen LogP contribution >= 0.6 is 22.7 Å². The van der Waals surface area contributed by atoms with Crippen molar-refractivity contribution >= 4 is 44.5 Å². The Labute approximate surface area is 169 Å². The molecule has 0 atom stereocenters. The highest BCUT2D eigenvalue weighted by molar-refractivity contribution is 7.20. The number of hydrogen-bond acceptors (Lipinski definition) is 6. The molecule has 0 radical (unpaired) electrons. The van der Waals surface area contributed by atoms with Crippen LogP contribution in [0.4, 0.5) is 5.69 Å². The Morgan fingerprint density at radius 2 is 2.04 bits per heavy atom. The molecule has 4 aromatic rings. The van der Waals surface area contributed by atoms with Crippen molar-refractivity contribution in [2.45, 2.75) is 27.3 Å². The van der Waals surface area contributed by atoms with Crippen LogP contribution in [-0.4, -0.2) is 20.7 Å². The quantitative estimate of drug-likeness (QED) is 0.548. The average molecular weight is 411 g/mol.